The number of benzene rings is 1. The van der Waals surface area contributed by atoms with Gasteiger partial charge in [0.2, 0.25) is 5.91 Å². The van der Waals surface area contributed by atoms with Gasteiger partial charge in [-0.15, -0.1) is 0 Å². The van der Waals surface area contributed by atoms with Crippen molar-refractivity contribution >= 4 is 18.0 Å². The van der Waals surface area contributed by atoms with Gasteiger partial charge in [-0.25, -0.2) is 4.79 Å². The molecule has 7 nitrogen and oxygen atoms in total. The van der Waals surface area contributed by atoms with E-state index in [1.165, 1.54) is 13.8 Å². The second-order valence-electron chi connectivity index (χ2n) is 4.41. The molecule has 0 radical (unpaired) electrons. The number of hydrogen-bond acceptors (Lipinski definition) is 4. The molecule has 0 bridgehead atoms. The first-order valence-corrected chi connectivity index (χ1v) is 6.35. The summed E-state index contributed by atoms with van der Waals surface area (Å²) in [4.78, 5) is 34.1. The maximum atomic E-state index is 11.7. The summed E-state index contributed by atoms with van der Waals surface area (Å²) in [6, 6.07) is 6.61. The first-order valence-electron chi connectivity index (χ1n) is 6.79. The number of carboxylic acids is 1. The average molecular weight is 295 g/mol. The fraction of sp³-hybridized carbons (Fsp3) is 0.357. The van der Waals surface area contributed by atoms with Crippen molar-refractivity contribution < 1.29 is 25.6 Å². The lowest BCUT2D eigenvalue weighted by Crippen LogP contribution is -2.49. The zero-order valence-corrected chi connectivity index (χ0v) is 11.8. The Morgan fingerprint density at radius 3 is 2.43 bits per heavy atom. The summed E-state index contributed by atoms with van der Waals surface area (Å²) in [5.41, 5.74) is 0.751. The monoisotopic (exact) mass is 295 g/mol. The third-order valence-corrected chi connectivity index (χ3v) is 2.61. The van der Waals surface area contributed by atoms with Crippen LogP contribution in [0.25, 0.3) is 0 Å². The normalized spacial score (nSPS) is 13.5. The third kappa shape index (κ3) is 5.94. The van der Waals surface area contributed by atoms with E-state index >= 15 is 0 Å². The SMILES string of the molecule is [2H]N(C(=O)OCc1ccccc1)[C@@H](C)C(=O)N[C@@H](C)C(=O)O. The van der Waals surface area contributed by atoms with Gasteiger partial charge in [0.05, 0.1) is 0 Å². The molecule has 0 fully saturated rings. The summed E-state index contributed by atoms with van der Waals surface area (Å²) in [6.45, 7) is 2.57. The Labute approximate surface area is 123 Å². The lowest BCUT2D eigenvalue weighted by Gasteiger charge is -2.16. The highest BCUT2D eigenvalue weighted by Gasteiger charge is 2.20. The van der Waals surface area contributed by atoms with E-state index in [9.17, 15) is 14.4 Å². The van der Waals surface area contributed by atoms with Crippen LogP contribution >= 0.6 is 0 Å². The van der Waals surface area contributed by atoms with Gasteiger partial charge >= 0.3 is 12.1 Å². The molecule has 1 aromatic carbocycles. The fourth-order valence-electron chi connectivity index (χ4n) is 1.37. The highest BCUT2D eigenvalue weighted by atomic mass is 16.5. The second kappa shape index (κ2) is 7.88. The van der Waals surface area contributed by atoms with Gasteiger partial charge in [0.25, 0.3) is 0 Å². The van der Waals surface area contributed by atoms with Crippen molar-refractivity contribution in [3.63, 3.8) is 0 Å². The van der Waals surface area contributed by atoms with Gasteiger partial charge in [-0.05, 0) is 19.4 Å². The van der Waals surface area contributed by atoms with Crippen LogP contribution in [0.5, 0.6) is 0 Å². The summed E-state index contributed by atoms with van der Waals surface area (Å²) in [5.74, 6) is -1.95. The minimum atomic E-state index is -1.20. The molecule has 0 unspecified atom stereocenters. The number of carbonyl (C=O) groups is 3. The first-order chi connectivity index (χ1) is 10.3. The van der Waals surface area contributed by atoms with Gasteiger partial charge in [0.1, 0.15) is 18.7 Å². The number of rotatable bonds is 6. The minimum Gasteiger partial charge on any atom is -0.480 e. The molecule has 0 aliphatic heterocycles. The summed E-state index contributed by atoms with van der Waals surface area (Å²) < 4.78 is 12.5. The largest absolute Gasteiger partial charge is 0.480 e. The Hall–Kier alpha value is -2.57. The van der Waals surface area contributed by atoms with Crippen LogP contribution in [0.3, 0.4) is 0 Å². The van der Waals surface area contributed by atoms with Crippen molar-refractivity contribution in [2.75, 3.05) is 0 Å². The van der Waals surface area contributed by atoms with Gasteiger partial charge in [0, 0.05) is 0 Å². The topological polar surface area (TPSA) is 105 Å². The average Bonchev–Trinajstić information content (AvgIpc) is 2.51. The van der Waals surface area contributed by atoms with Crippen molar-refractivity contribution in [3.05, 3.63) is 35.9 Å². The lowest BCUT2D eigenvalue weighted by atomic mass is 10.2. The Bertz CT molecular complexity index is 537. The smallest absolute Gasteiger partial charge is 0.408 e. The van der Waals surface area contributed by atoms with E-state index in [4.69, 9.17) is 11.3 Å². The predicted molar refractivity (Wildman–Crippen MR) is 74.5 cm³/mol. The molecular formula is C14H18N2O5. The Morgan fingerprint density at radius 2 is 1.86 bits per heavy atom. The molecule has 0 heterocycles. The van der Waals surface area contributed by atoms with E-state index < -0.39 is 30.1 Å². The maximum absolute atomic E-state index is 11.7. The molecule has 0 saturated carbocycles. The second-order valence-corrected chi connectivity index (χ2v) is 4.41. The number of ether oxygens (including phenoxy) is 1. The zero-order chi connectivity index (χ0) is 16.7. The molecule has 2 amide bonds. The Morgan fingerprint density at radius 1 is 1.24 bits per heavy atom. The van der Waals surface area contributed by atoms with E-state index in [-0.39, 0.29) is 6.61 Å². The third-order valence-electron chi connectivity index (χ3n) is 2.61. The number of aliphatic carboxylic acids is 1. The van der Waals surface area contributed by atoms with Gasteiger partial charge in [-0.3, -0.25) is 9.59 Å². The van der Waals surface area contributed by atoms with Crippen LogP contribution in [0, 0.1) is 0 Å². The van der Waals surface area contributed by atoms with E-state index in [0.717, 1.165) is 5.56 Å². The standard InChI is InChI=1S/C14H18N2O5/c1-9(12(17)15-10(2)13(18)19)16-14(20)21-8-11-6-4-3-5-7-11/h3-7,9-10H,8H2,1-2H3,(H,15,17)(H,16,20)(H,18,19)/t9-,10-/m0/s1/i/hD. The van der Waals surface area contributed by atoms with E-state index in [1.807, 2.05) is 6.07 Å². The molecule has 0 aromatic heterocycles. The predicted octanol–water partition coefficient (Wildman–Crippen LogP) is 0.891. The quantitative estimate of drug-likeness (QED) is 0.723. The fourth-order valence-corrected chi connectivity index (χ4v) is 1.37. The molecule has 1 rings (SSSR count). The van der Waals surface area contributed by atoms with E-state index in [1.54, 1.807) is 24.3 Å². The van der Waals surface area contributed by atoms with E-state index in [2.05, 4.69) is 5.32 Å². The number of hydrogen-bond donors (Lipinski definition) is 3. The lowest BCUT2D eigenvalue weighted by molar-refractivity contribution is -0.141. The summed E-state index contributed by atoms with van der Waals surface area (Å²) in [5, 5.41) is 11.3. The highest BCUT2D eigenvalue weighted by molar-refractivity contribution is 5.88. The molecule has 3 N–H and O–H groups in total. The molecule has 1 aromatic rings. The summed E-state index contributed by atoms with van der Waals surface area (Å²) in [6.07, 6.45) is -0.991. The highest BCUT2D eigenvalue weighted by Crippen LogP contribution is 2.00. The van der Waals surface area contributed by atoms with E-state index in [0.29, 0.717) is 5.31 Å². The van der Waals surface area contributed by atoms with Gasteiger partial charge in [0.15, 0.2) is 1.41 Å². The number of amides is 2. The van der Waals surface area contributed by atoms with Gasteiger partial charge in [-0.1, -0.05) is 30.3 Å². The molecule has 0 spiro atoms. The summed E-state index contributed by atoms with van der Waals surface area (Å²) in [7, 11) is 0. The molecular weight excluding hydrogens is 276 g/mol. The van der Waals surface area contributed by atoms with Crippen molar-refractivity contribution in [2.24, 2.45) is 0 Å². The van der Waals surface area contributed by atoms with Crippen LogP contribution in [-0.2, 0) is 20.9 Å². The zero-order valence-electron chi connectivity index (χ0n) is 12.8. The Kier molecular flexibility index (Phi) is 5.57. The van der Waals surface area contributed by atoms with Crippen molar-refractivity contribution in [1.82, 2.24) is 10.6 Å². The molecule has 0 aliphatic carbocycles. The molecule has 2 atom stereocenters. The van der Waals surface area contributed by atoms with Gasteiger partial charge in [-0.2, -0.15) is 0 Å². The van der Waals surface area contributed by atoms with Crippen LogP contribution < -0.4 is 10.6 Å². The van der Waals surface area contributed by atoms with Crippen LogP contribution in [0.15, 0.2) is 30.3 Å². The first kappa shape index (κ1) is 14.8. The van der Waals surface area contributed by atoms with Crippen molar-refractivity contribution in [1.29, 1.82) is 0 Å². The Balaban J connectivity index is 2.51. The molecule has 21 heavy (non-hydrogen) atoms. The van der Waals surface area contributed by atoms with Gasteiger partial charge < -0.3 is 20.5 Å². The molecule has 0 saturated heterocycles. The summed E-state index contributed by atoms with van der Waals surface area (Å²) >= 11 is 0. The number of carbonyl (C=O) groups excluding carboxylic acids is 2. The van der Waals surface area contributed by atoms with Crippen molar-refractivity contribution in [3.8, 4) is 0 Å². The minimum absolute atomic E-state index is 0.0189. The maximum Gasteiger partial charge on any atom is 0.408 e. The number of nitrogens with one attached hydrogen (secondary N) is 2. The molecule has 0 aliphatic rings. The van der Waals surface area contributed by atoms with Crippen LogP contribution in [0.4, 0.5) is 4.79 Å². The van der Waals surface area contributed by atoms with Crippen LogP contribution in [-0.4, -0.2) is 35.2 Å². The number of alkyl carbamates (subject to hydrolysis) is 1. The molecule has 7 heteroatoms. The van der Waals surface area contributed by atoms with Crippen LogP contribution in [0.1, 0.15) is 19.4 Å². The van der Waals surface area contributed by atoms with Crippen molar-refractivity contribution in [2.45, 2.75) is 32.5 Å². The number of carboxylic acid groups (broad SMARTS) is 1. The molecule has 114 valence electrons. The van der Waals surface area contributed by atoms with Crippen LogP contribution in [0.2, 0.25) is 1.41 Å².